The number of nitrogens with one attached hydrogen (secondary N) is 1. The molecule has 31 heavy (non-hydrogen) atoms. The van der Waals surface area contributed by atoms with Gasteiger partial charge in [0.1, 0.15) is 17.7 Å². The molecule has 0 radical (unpaired) electrons. The van der Waals surface area contributed by atoms with Gasteiger partial charge in [0.2, 0.25) is 5.89 Å². The van der Waals surface area contributed by atoms with E-state index in [4.69, 9.17) is 9.40 Å². The van der Waals surface area contributed by atoms with Gasteiger partial charge in [0.25, 0.3) is 5.91 Å². The van der Waals surface area contributed by atoms with Gasteiger partial charge >= 0.3 is 11.8 Å². The predicted molar refractivity (Wildman–Crippen MR) is 112 cm³/mol. The van der Waals surface area contributed by atoms with Gasteiger partial charge in [0.15, 0.2) is 0 Å². The SMILES string of the molecule is Cc1nc2c(n1C)N(C)C(=O)[C@@H](NC(=O)c1nnc(Cc3ccccc3)o1)C1[C@@H](C)[C@@H]21. The molecule has 0 saturated heterocycles. The highest BCUT2D eigenvalue weighted by molar-refractivity contribution is 6.02. The highest BCUT2D eigenvalue weighted by Gasteiger charge is 2.59. The molecule has 2 amide bonds. The molecule has 1 saturated carbocycles. The Labute approximate surface area is 179 Å². The number of benzene rings is 1. The van der Waals surface area contributed by atoms with Gasteiger partial charge in [0, 0.05) is 25.9 Å². The van der Waals surface area contributed by atoms with E-state index in [2.05, 4.69) is 22.4 Å². The minimum atomic E-state index is -0.670. The molecule has 1 aromatic carbocycles. The maximum Gasteiger partial charge on any atom is 0.309 e. The first kappa shape index (κ1) is 19.5. The minimum Gasteiger partial charge on any atom is -0.417 e. The summed E-state index contributed by atoms with van der Waals surface area (Å²) < 4.78 is 7.49. The summed E-state index contributed by atoms with van der Waals surface area (Å²) >= 11 is 0. The van der Waals surface area contributed by atoms with Crippen molar-refractivity contribution in [3.05, 3.63) is 59.2 Å². The van der Waals surface area contributed by atoms with Crippen LogP contribution in [0.1, 0.15) is 46.5 Å². The molecule has 1 fully saturated rings. The van der Waals surface area contributed by atoms with E-state index >= 15 is 0 Å². The van der Waals surface area contributed by atoms with Gasteiger partial charge in [0.05, 0.1) is 12.1 Å². The van der Waals surface area contributed by atoms with Gasteiger partial charge in [-0.15, -0.1) is 10.2 Å². The molecule has 5 rings (SSSR count). The smallest absolute Gasteiger partial charge is 0.309 e. The van der Waals surface area contributed by atoms with Crippen molar-refractivity contribution in [1.82, 2.24) is 25.1 Å². The van der Waals surface area contributed by atoms with E-state index in [9.17, 15) is 9.59 Å². The zero-order valence-electron chi connectivity index (χ0n) is 17.9. The summed E-state index contributed by atoms with van der Waals surface area (Å²) in [5.74, 6) is 1.53. The number of carbonyl (C=O) groups is 2. The molecular formula is C22H24N6O3. The molecule has 160 valence electrons. The third kappa shape index (κ3) is 3.11. The number of imidazole rings is 1. The summed E-state index contributed by atoms with van der Waals surface area (Å²) in [6.07, 6.45) is 0.439. The number of likely N-dealkylation sites (N-methyl/N-ethyl adjacent to an activating group) is 1. The molecule has 1 N–H and O–H groups in total. The topological polar surface area (TPSA) is 106 Å². The number of carbonyl (C=O) groups excluding carboxylic acids is 2. The Balaban J connectivity index is 1.36. The second-order valence-electron chi connectivity index (χ2n) is 8.40. The Hall–Kier alpha value is -3.49. The number of aryl methyl sites for hydroxylation is 1. The number of aromatic nitrogens is 4. The quantitative estimate of drug-likeness (QED) is 0.690. The van der Waals surface area contributed by atoms with Crippen molar-refractivity contribution in [3.63, 3.8) is 0 Å². The lowest BCUT2D eigenvalue weighted by atomic mass is 10.1. The van der Waals surface area contributed by atoms with E-state index in [1.54, 1.807) is 11.9 Å². The van der Waals surface area contributed by atoms with Crippen LogP contribution in [0.15, 0.2) is 34.7 Å². The van der Waals surface area contributed by atoms with Crippen molar-refractivity contribution >= 4 is 17.6 Å². The average molecular weight is 420 g/mol. The Morgan fingerprint density at radius 3 is 2.68 bits per heavy atom. The molecule has 3 heterocycles. The number of amides is 2. The summed E-state index contributed by atoms with van der Waals surface area (Å²) in [7, 11) is 3.63. The van der Waals surface area contributed by atoms with Crippen LogP contribution in [0.4, 0.5) is 5.82 Å². The van der Waals surface area contributed by atoms with Crippen LogP contribution in [0.2, 0.25) is 0 Å². The largest absolute Gasteiger partial charge is 0.417 e. The van der Waals surface area contributed by atoms with E-state index in [0.29, 0.717) is 12.3 Å². The summed E-state index contributed by atoms with van der Waals surface area (Å²) in [5.41, 5.74) is 1.93. The van der Waals surface area contributed by atoms with E-state index < -0.39 is 11.9 Å². The fraction of sp³-hybridized carbons (Fsp3) is 0.409. The van der Waals surface area contributed by atoms with E-state index in [0.717, 1.165) is 22.9 Å². The maximum absolute atomic E-state index is 13.3. The minimum absolute atomic E-state index is 0.0128. The van der Waals surface area contributed by atoms with Gasteiger partial charge in [-0.2, -0.15) is 0 Å². The molecule has 2 aliphatic rings. The van der Waals surface area contributed by atoms with Crippen LogP contribution in [-0.2, 0) is 18.3 Å². The third-order valence-electron chi connectivity index (χ3n) is 6.52. The predicted octanol–water partition coefficient (Wildman–Crippen LogP) is 1.83. The van der Waals surface area contributed by atoms with Crippen LogP contribution in [-0.4, -0.2) is 44.7 Å². The normalized spacial score (nSPS) is 24.4. The maximum atomic E-state index is 13.3. The van der Waals surface area contributed by atoms with Crippen LogP contribution in [0, 0.1) is 18.8 Å². The average Bonchev–Trinajstić information content (AvgIpc) is 3.07. The van der Waals surface area contributed by atoms with Gasteiger partial charge in [-0.1, -0.05) is 37.3 Å². The second kappa shape index (κ2) is 7.04. The number of fused-ring (bicyclic) bond motifs is 3. The molecule has 1 unspecified atom stereocenters. The van der Waals surface area contributed by atoms with E-state index in [1.807, 2.05) is 48.9 Å². The van der Waals surface area contributed by atoms with Gasteiger partial charge in [-0.3, -0.25) is 14.5 Å². The third-order valence-corrected chi connectivity index (χ3v) is 6.52. The molecule has 2 aromatic heterocycles. The lowest BCUT2D eigenvalue weighted by molar-refractivity contribution is -0.120. The van der Waals surface area contributed by atoms with Crippen LogP contribution in [0.5, 0.6) is 0 Å². The summed E-state index contributed by atoms with van der Waals surface area (Å²) in [5, 5.41) is 10.7. The van der Waals surface area contributed by atoms with Crippen LogP contribution < -0.4 is 10.2 Å². The lowest BCUT2D eigenvalue weighted by Crippen LogP contribution is -2.49. The number of rotatable bonds is 4. The van der Waals surface area contributed by atoms with Crippen LogP contribution in [0.3, 0.4) is 0 Å². The molecular weight excluding hydrogens is 396 g/mol. The standard InChI is InChI=1S/C22H24N6O3/c1-11-15-16(11)18(22(30)28(4)21-17(15)23-12(2)27(21)3)24-19(29)20-26-25-14(31-20)10-13-8-6-5-7-9-13/h5-9,11,15-16,18H,10H2,1-4H3,(H,24,29)/t11-,15+,16?,18-/m0/s1. The first-order valence-electron chi connectivity index (χ1n) is 10.3. The van der Waals surface area contributed by atoms with Gasteiger partial charge in [-0.05, 0) is 18.4 Å². The second-order valence-corrected chi connectivity index (χ2v) is 8.40. The van der Waals surface area contributed by atoms with Crippen molar-refractivity contribution in [2.75, 3.05) is 11.9 Å². The van der Waals surface area contributed by atoms with Crippen LogP contribution >= 0.6 is 0 Å². The molecule has 1 aliphatic heterocycles. The highest BCUT2D eigenvalue weighted by atomic mass is 16.4. The Bertz CT molecular complexity index is 1170. The monoisotopic (exact) mass is 420 g/mol. The highest BCUT2D eigenvalue weighted by Crippen LogP contribution is 2.59. The summed E-state index contributed by atoms with van der Waals surface area (Å²) in [6, 6.07) is 9.01. The fourth-order valence-electron chi connectivity index (χ4n) is 4.71. The van der Waals surface area contributed by atoms with Crippen molar-refractivity contribution < 1.29 is 14.0 Å². The molecule has 9 nitrogen and oxygen atoms in total. The number of hydrogen-bond acceptors (Lipinski definition) is 6. The number of nitrogens with zero attached hydrogens (tertiary/aromatic N) is 5. The Kier molecular flexibility index (Phi) is 4.42. The van der Waals surface area contributed by atoms with Crippen molar-refractivity contribution in [3.8, 4) is 0 Å². The number of anilines is 1. The molecule has 0 spiro atoms. The Morgan fingerprint density at radius 2 is 1.94 bits per heavy atom. The number of hydrogen-bond donors (Lipinski definition) is 1. The fourth-order valence-corrected chi connectivity index (χ4v) is 4.71. The lowest BCUT2D eigenvalue weighted by Gasteiger charge is -2.23. The van der Waals surface area contributed by atoms with Crippen molar-refractivity contribution in [2.45, 2.75) is 32.2 Å². The molecule has 0 bridgehead atoms. The molecule has 4 atom stereocenters. The Morgan fingerprint density at radius 1 is 1.19 bits per heavy atom. The van der Waals surface area contributed by atoms with E-state index in [-0.39, 0.29) is 29.6 Å². The van der Waals surface area contributed by atoms with E-state index in [1.165, 1.54) is 0 Å². The molecule has 9 heteroatoms. The zero-order chi connectivity index (χ0) is 21.9. The molecule has 1 aliphatic carbocycles. The van der Waals surface area contributed by atoms with Crippen LogP contribution in [0.25, 0.3) is 0 Å². The first-order valence-corrected chi connectivity index (χ1v) is 10.3. The van der Waals surface area contributed by atoms with Crippen molar-refractivity contribution in [2.24, 2.45) is 18.9 Å². The summed E-state index contributed by atoms with van der Waals surface area (Å²) in [6.45, 7) is 4.02. The first-order chi connectivity index (χ1) is 14.9. The van der Waals surface area contributed by atoms with Gasteiger partial charge < -0.3 is 14.3 Å². The molecule has 3 aromatic rings. The van der Waals surface area contributed by atoms with Crippen molar-refractivity contribution in [1.29, 1.82) is 0 Å². The summed E-state index contributed by atoms with van der Waals surface area (Å²) in [4.78, 5) is 32.4. The van der Waals surface area contributed by atoms with Gasteiger partial charge in [-0.25, -0.2) is 4.98 Å². The zero-order valence-corrected chi connectivity index (χ0v) is 17.9.